The highest BCUT2D eigenvalue weighted by atomic mass is 16.4. The molecule has 1 aliphatic rings. The van der Waals surface area contributed by atoms with Gasteiger partial charge in [0.2, 0.25) is 23.6 Å². The summed E-state index contributed by atoms with van der Waals surface area (Å²) in [6.45, 7) is 2.30. The molecular weight excluding hydrogens is 777 g/mol. The molecule has 0 aromatic heterocycles. The van der Waals surface area contributed by atoms with Crippen LogP contribution in [0.2, 0.25) is 0 Å². The molecule has 2 aromatic carbocycles. The zero-order valence-corrected chi connectivity index (χ0v) is 35.0. The number of hydrogen-bond acceptors (Lipinski definition) is 11. The van der Waals surface area contributed by atoms with E-state index in [1.54, 1.807) is 24.3 Å². The third-order valence-electron chi connectivity index (χ3n) is 10.2. The summed E-state index contributed by atoms with van der Waals surface area (Å²) in [6, 6.07) is 4.74. The van der Waals surface area contributed by atoms with Crippen molar-refractivity contribution in [3.05, 3.63) is 41.5 Å². The number of carbonyl (C=O) groups is 8. The summed E-state index contributed by atoms with van der Waals surface area (Å²) in [4.78, 5) is 104. The van der Waals surface area contributed by atoms with E-state index in [1.807, 2.05) is 25.1 Å². The maximum absolute atomic E-state index is 13.8. The van der Waals surface area contributed by atoms with Crippen molar-refractivity contribution < 1.29 is 48.6 Å². The van der Waals surface area contributed by atoms with E-state index in [-0.39, 0.29) is 57.6 Å². The van der Waals surface area contributed by atoms with Crippen molar-refractivity contribution in [1.82, 2.24) is 31.5 Å². The van der Waals surface area contributed by atoms with Gasteiger partial charge in [-0.1, -0.05) is 57.6 Å². The lowest BCUT2D eigenvalue weighted by molar-refractivity contribution is -0.142. The molecule has 0 bridgehead atoms. The number of nitrogens with two attached hydrogens (primary N) is 1. The second kappa shape index (κ2) is 25.1. The quantitative estimate of drug-likeness (QED) is 0.0430. The number of amides is 6. The van der Waals surface area contributed by atoms with Crippen LogP contribution in [0.5, 0.6) is 0 Å². The van der Waals surface area contributed by atoms with Gasteiger partial charge in [0, 0.05) is 93.7 Å². The Morgan fingerprint density at radius 2 is 1.38 bits per heavy atom. The highest BCUT2D eigenvalue weighted by Gasteiger charge is 2.35. The molecule has 0 aliphatic carbocycles. The number of carbonyl (C=O) groups excluding carboxylic acids is 6. The van der Waals surface area contributed by atoms with E-state index in [2.05, 4.69) is 33.5 Å². The molecule has 3 unspecified atom stereocenters. The molecule has 1 aliphatic heterocycles. The Morgan fingerprint density at radius 3 is 2.05 bits per heavy atom. The lowest BCUT2D eigenvalue weighted by atomic mass is 9.92. The van der Waals surface area contributed by atoms with Crippen LogP contribution in [0.3, 0.4) is 0 Å². The maximum atomic E-state index is 13.8. The van der Waals surface area contributed by atoms with Gasteiger partial charge in [0.05, 0.1) is 6.04 Å². The highest BCUT2D eigenvalue weighted by Crippen LogP contribution is 2.35. The summed E-state index contributed by atoms with van der Waals surface area (Å²) in [5.41, 5.74) is 7.60. The molecule has 60 heavy (non-hydrogen) atoms. The summed E-state index contributed by atoms with van der Waals surface area (Å²) in [7, 11) is 3.71. The van der Waals surface area contributed by atoms with Gasteiger partial charge in [0.1, 0.15) is 12.1 Å². The van der Waals surface area contributed by atoms with Gasteiger partial charge in [-0.2, -0.15) is 0 Å². The van der Waals surface area contributed by atoms with Crippen molar-refractivity contribution in [2.45, 2.75) is 109 Å². The third-order valence-corrected chi connectivity index (χ3v) is 10.2. The number of nitrogens with one attached hydrogen (secondary N) is 5. The number of unbranched alkanes of at least 4 members (excludes halogenated alkanes) is 6. The molecule has 0 spiro atoms. The van der Waals surface area contributed by atoms with Crippen molar-refractivity contribution in [2.75, 3.05) is 51.7 Å². The second-order valence-corrected chi connectivity index (χ2v) is 15.2. The van der Waals surface area contributed by atoms with E-state index in [0.717, 1.165) is 35.2 Å². The van der Waals surface area contributed by atoms with E-state index in [0.29, 0.717) is 36.0 Å². The van der Waals surface area contributed by atoms with Crippen LogP contribution in [0.1, 0.15) is 111 Å². The molecule has 18 heteroatoms. The first-order valence-corrected chi connectivity index (χ1v) is 20.8. The standard InChI is InChI=1S/C42H62N8O10/c1-4-5-6-7-8-9-10-15-34(51)45-24-23-44-26-30(43)38(55)48-31(39(56)46-22-20-32(42(59)60)47-35(52)16-12-17-36(53)54)21-25-50-40(57)28-14-11-13-27-33(49(2)3)19-18-29(37(27)28)41(50)58/h11,13-14,18-19,30-32,44H,4-10,12,15-17,20-26,43H2,1-3H3,(H,45,51)(H,46,56)(H,47,52)(H,48,55)(H,53,54)(H,59,60). The Kier molecular flexibility index (Phi) is 20.4. The molecule has 6 amide bonds. The summed E-state index contributed by atoms with van der Waals surface area (Å²) in [5, 5.41) is 33.0. The van der Waals surface area contributed by atoms with Crippen molar-refractivity contribution in [3.8, 4) is 0 Å². The molecule has 9 N–H and O–H groups in total. The van der Waals surface area contributed by atoms with Gasteiger partial charge in [-0.25, -0.2) is 4.79 Å². The largest absolute Gasteiger partial charge is 0.481 e. The molecule has 3 atom stereocenters. The lowest BCUT2D eigenvalue weighted by Gasteiger charge is -2.30. The number of hydrogen-bond donors (Lipinski definition) is 8. The van der Waals surface area contributed by atoms with Crippen LogP contribution in [-0.2, 0) is 28.8 Å². The van der Waals surface area contributed by atoms with Gasteiger partial charge < -0.3 is 47.4 Å². The number of benzene rings is 2. The predicted octanol–water partition coefficient (Wildman–Crippen LogP) is 1.88. The Labute approximate surface area is 350 Å². The van der Waals surface area contributed by atoms with E-state index >= 15 is 0 Å². The highest BCUT2D eigenvalue weighted by molar-refractivity contribution is 6.26. The number of carboxylic acid groups (broad SMARTS) is 2. The molecule has 0 saturated carbocycles. The first-order chi connectivity index (χ1) is 28.7. The summed E-state index contributed by atoms with van der Waals surface area (Å²) in [6.07, 6.45) is 7.25. The topological polar surface area (TPSA) is 270 Å². The average molecular weight is 839 g/mol. The summed E-state index contributed by atoms with van der Waals surface area (Å²) < 4.78 is 0. The van der Waals surface area contributed by atoms with Crippen LogP contribution in [0, 0.1) is 0 Å². The number of aliphatic carboxylic acids is 2. The van der Waals surface area contributed by atoms with Crippen LogP contribution >= 0.6 is 0 Å². The van der Waals surface area contributed by atoms with Gasteiger partial charge >= 0.3 is 11.9 Å². The third kappa shape index (κ3) is 15.2. The first kappa shape index (κ1) is 48.7. The smallest absolute Gasteiger partial charge is 0.326 e. The molecule has 0 fully saturated rings. The van der Waals surface area contributed by atoms with E-state index in [1.165, 1.54) is 25.7 Å². The monoisotopic (exact) mass is 838 g/mol. The van der Waals surface area contributed by atoms with Crippen LogP contribution in [0.4, 0.5) is 5.69 Å². The minimum atomic E-state index is -1.40. The van der Waals surface area contributed by atoms with E-state index in [9.17, 15) is 43.5 Å². The summed E-state index contributed by atoms with van der Waals surface area (Å²) in [5.74, 6) is -5.80. The molecule has 1 heterocycles. The van der Waals surface area contributed by atoms with Gasteiger partial charge in [-0.15, -0.1) is 0 Å². The van der Waals surface area contributed by atoms with Crippen LogP contribution in [0.15, 0.2) is 30.3 Å². The molecule has 18 nitrogen and oxygen atoms in total. The second-order valence-electron chi connectivity index (χ2n) is 15.2. The van der Waals surface area contributed by atoms with Crippen molar-refractivity contribution in [1.29, 1.82) is 0 Å². The molecule has 0 radical (unpaired) electrons. The van der Waals surface area contributed by atoms with E-state index in [4.69, 9.17) is 10.8 Å². The zero-order valence-electron chi connectivity index (χ0n) is 35.0. The Balaban J connectivity index is 1.62. The molecule has 3 rings (SSSR count). The minimum Gasteiger partial charge on any atom is -0.481 e. The fraction of sp³-hybridized carbons (Fsp3) is 0.571. The van der Waals surface area contributed by atoms with E-state index < -0.39 is 59.6 Å². The molecular formula is C42H62N8O10. The van der Waals surface area contributed by atoms with Gasteiger partial charge in [0.25, 0.3) is 11.8 Å². The number of carboxylic acids is 2. The zero-order chi connectivity index (χ0) is 44.2. The number of imide groups is 1. The number of anilines is 1. The number of rotatable bonds is 29. The first-order valence-electron chi connectivity index (χ1n) is 20.8. The van der Waals surface area contributed by atoms with Gasteiger partial charge in [-0.05, 0) is 43.9 Å². The Hall–Kier alpha value is -5.62. The fourth-order valence-corrected chi connectivity index (χ4v) is 6.89. The average Bonchev–Trinajstić information content (AvgIpc) is 3.20. The minimum absolute atomic E-state index is 0.000912. The Morgan fingerprint density at radius 1 is 0.717 bits per heavy atom. The predicted molar refractivity (Wildman–Crippen MR) is 225 cm³/mol. The van der Waals surface area contributed by atoms with Crippen molar-refractivity contribution in [2.24, 2.45) is 5.73 Å². The number of nitrogens with zero attached hydrogens (tertiary/aromatic N) is 2. The maximum Gasteiger partial charge on any atom is 0.326 e. The fourth-order valence-electron chi connectivity index (χ4n) is 6.89. The van der Waals surface area contributed by atoms with Crippen LogP contribution in [-0.4, -0.2) is 127 Å². The normalized spacial score (nSPS) is 13.6. The lowest BCUT2D eigenvalue weighted by Crippen LogP contribution is -2.55. The van der Waals surface area contributed by atoms with Crippen LogP contribution < -0.4 is 37.2 Å². The summed E-state index contributed by atoms with van der Waals surface area (Å²) >= 11 is 0. The van der Waals surface area contributed by atoms with Crippen LogP contribution in [0.25, 0.3) is 10.8 Å². The Bertz CT molecular complexity index is 1810. The molecule has 0 saturated heterocycles. The van der Waals surface area contributed by atoms with Gasteiger partial charge in [-0.3, -0.25) is 38.5 Å². The van der Waals surface area contributed by atoms with Gasteiger partial charge in [0.15, 0.2) is 0 Å². The molecule has 2 aromatic rings. The SMILES string of the molecule is CCCCCCCCCC(=O)NCCNCC(N)C(=O)NC(CCN1C(=O)c2cccc3c(N(C)C)ccc(c23)C1=O)C(=O)NCCC(NC(=O)CCCC(=O)O)C(=O)O. The molecule has 330 valence electrons. The van der Waals surface area contributed by atoms with Crippen molar-refractivity contribution >= 4 is 63.8 Å². The van der Waals surface area contributed by atoms with Crippen molar-refractivity contribution in [3.63, 3.8) is 0 Å².